The standard InChI is InChI=1S/C21H20F3N3O3.ClH/c22-21(23,24)11-9-14-1-7-17(8-2-14)20-26-19(27-30-20)16-5-3-15(4-6-16)13-25-12-10-18(28)29;/h1-8,25H,9-13H2,(H,28,29);1H. The molecular formula is C21H21ClF3N3O3. The van der Waals surface area contributed by atoms with E-state index in [9.17, 15) is 18.0 Å². The first-order valence-electron chi connectivity index (χ1n) is 9.32. The molecule has 0 saturated carbocycles. The first kappa shape index (κ1) is 24.4. The Morgan fingerprint density at radius 1 is 1.00 bits per heavy atom. The Morgan fingerprint density at radius 3 is 2.23 bits per heavy atom. The van der Waals surface area contributed by atoms with Crippen molar-refractivity contribution in [2.24, 2.45) is 0 Å². The number of aromatic nitrogens is 2. The van der Waals surface area contributed by atoms with Crippen molar-refractivity contribution in [3.8, 4) is 22.8 Å². The van der Waals surface area contributed by atoms with Crippen molar-refractivity contribution in [1.82, 2.24) is 15.5 Å². The molecule has 0 bridgehead atoms. The number of rotatable bonds is 9. The highest BCUT2D eigenvalue weighted by Gasteiger charge is 2.26. The summed E-state index contributed by atoms with van der Waals surface area (Å²) in [6, 6.07) is 14.0. The van der Waals surface area contributed by atoms with Gasteiger partial charge < -0.3 is 14.9 Å². The molecule has 0 aliphatic heterocycles. The zero-order valence-electron chi connectivity index (χ0n) is 16.4. The molecule has 0 aliphatic carbocycles. The molecule has 166 valence electrons. The molecule has 0 spiro atoms. The molecule has 0 fully saturated rings. The Kier molecular flexibility index (Phi) is 8.58. The lowest BCUT2D eigenvalue weighted by atomic mass is 10.1. The van der Waals surface area contributed by atoms with E-state index in [1.54, 1.807) is 24.3 Å². The third-order valence-electron chi connectivity index (χ3n) is 4.38. The average molecular weight is 456 g/mol. The van der Waals surface area contributed by atoms with Gasteiger partial charge in [0.1, 0.15) is 0 Å². The molecule has 0 saturated heterocycles. The lowest BCUT2D eigenvalue weighted by Crippen LogP contribution is -2.17. The second kappa shape index (κ2) is 10.9. The Hall–Kier alpha value is -2.91. The molecule has 0 amide bonds. The molecule has 3 rings (SSSR count). The van der Waals surface area contributed by atoms with Crippen LogP contribution in [0.3, 0.4) is 0 Å². The van der Waals surface area contributed by atoms with Crippen molar-refractivity contribution < 1.29 is 27.6 Å². The summed E-state index contributed by atoms with van der Waals surface area (Å²) in [6.07, 6.45) is -5.05. The third-order valence-corrected chi connectivity index (χ3v) is 4.38. The van der Waals surface area contributed by atoms with E-state index in [-0.39, 0.29) is 31.1 Å². The van der Waals surface area contributed by atoms with Gasteiger partial charge in [-0.3, -0.25) is 4.79 Å². The number of nitrogens with one attached hydrogen (secondary N) is 1. The van der Waals surface area contributed by atoms with Crippen LogP contribution in [0.2, 0.25) is 0 Å². The van der Waals surface area contributed by atoms with Crippen molar-refractivity contribution in [2.75, 3.05) is 6.54 Å². The number of hydrogen-bond donors (Lipinski definition) is 2. The number of benzene rings is 2. The maximum Gasteiger partial charge on any atom is 0.389 e. The summed E-state index contributed by atoms with van der Waals surface area (Å²) in [6.45, 7) is 0.937. The minimum Gasteiger partial charge on any atom is -0.481 e. The van der Waals surface area contributed by atoms with Crippen LogP contribution in [0.25, 0.3) is 22.8 Å². The Labute approximate surface area is 182 Å². The van der Waals surface area contributed by atoms with Gasteiger partial charge in [-0.25, -0.2) is 0 Å². The molecular weight excluding hydrogens is 435 g/mol. The van der Waals surface area contributed by atoms with E-state index in [0.29, 0.717) is 30.0 Å². The van der Waals surface area contributed by atoms with Crippen LogP contribution in [0.15, 0.2) is 53.1 Å². The zero-order valence-corrected chi connectivity index (χ0v) is 17.2. The number of carboxylic acids is 1. The number of nitrogens with zero attached hydrogens (tertiary/aromatic N) is 2. The Morgan fingerprint density at radius 2 is 1.61 bits per heavy atom. The number of halogens is 4. The van der Waals surface area contributed by atoms with Crippen LogP contribution in [0, 0.1) is 0 Å². The number of aliphatic carboxylic acids is 1. The van der Waals surface area contributed by atoms with E-state index < -0.39 is 18.6 Å². The third kappa shape index (κ3) is 7.69. The molecule has 3 aromatic rings. The fourth-order valence-electron chi connectivity index (χ4n) is 2.76. The van der Waals surface area contributed by atoms with Gasteiger partial charge in [-0.2, -0.15) is 18.2 Å². The largest absolute Gasteiger partial charge is 0.481 e. The highest BCUT2D eigenvalue weighted by Crippen LogP contribution is 2.25. The van der Waals surface area contributed by atoms with Crippen LogP contribution in [0.5, 0.6) is 0 Å². The molecule has 6 nitrogen and oxygen atoms in total. The Bertz CT molecular complexity index is 974. The van der Waals surface area contributed by atoms with Crippen LogP contribution < -0.4 is 5.32 Å². The van der Waals surface area contributed by atoms with E-state index in [2.05, 4.69) is 15.5 Å². The van der Waals surface area contributed by atoms with Crippen LogP contribution in [0.1, 0.15) is 24.0 Å². The van der Waals surface area contributed by atoms with Crippen LogP contribution >= 0.6 is 12.4 Å². The highest BCUT2D eigenvalue weighted by molar-refractivity contribution is 5.85. The molecule has 2 N–H and O–H groups in total. The molecule has 0 atom stereocenters. The van der Waals surface area contributed by atoms with E-state index >= 15 is 0 Å². The summed E-state index contributed by atoms with van der Waals surface area (Å²) in [5.74, 6) is -0.162. The highest BCUT2D eigenvalue weighted by atomic mass is 35.5. The van der Waals surface area contributed by atoms with Gasteiger partial charge in [-0.15, -0.1) is 12.4 Å². The number of carbonyl (C=O) groups is 1. The van der Waals surface area contributed by atoms with Crippen LogP contribution in [-0.2, 0) is 17.8 Å². The maximum absolute atomic E-state index is 12.3. The molecule has 0 unspecified atom stereocenters. The molecule has 0 radical (unpaired) electrons. The minimum absolute atomic E-state index is 0. The predicted octanol–water partition coefficient (Wildman–Crippen LogP) is 4.88. The SMILES string of the molecule is Cl.O=C(O)CCNCc1ccc(-c2noc(-c3ccc(CCC(F)(F)F)cc3)n2)cc1. The second-order valence-electron chi connectivity index (χ2n) is 6.75. The summed E-state index contributed by atoms with van der Waals surface area (Å²) < 4.78 is 42.3. The van der Waals surface area contributed by atoms with Crippen molar-refractivity contribution in [1.29, 1.82) is 0 Å². The molecule has 0 aliphatic rings. The van der Waals surface area contributed by atoms with Crippen LogP contribution in [0.4, 0.5) is 13.2 Å². The zero-order chi connectivity index (χ0) is 21.6. The summed E-state index contributed by atoms with van der Waals surface area (Å²) in [5.41, 5.74) is 2.95. The van der Waals surface area contributed by atoms with E-state index in [1.165, 1.54) is 0 Å². The topological polar surface area (TPSA) is 88.2 Å². The van der Waals surface area contributed by atoms with Gasteiger partial charge >= 0.3 is 12.1 Å². The monoisotopic (exact) mass is 455 g/mol. The summed E-state index contributed by atoms with van der Waals surface area (Å²) in [4.78, 5) is 14.8. The van der Waals surface area contributed by atoms with Crippen molar-refractivity contribution in [3.63, 3.8) is 0 Å². The van der Waals surface area contributed by atoms with Gasteiger partial charge in [0.2, 0.25) is 5.82 Å². The molecule has 1 aromatic heterocycles. The summed E-state index contributed by atoms with van der Waals surface area (Å²) in [7, 11) is 0. The smallest absolute Gasteiger partial charge is 0.389 e. The second-order valence-corrected chi connectivity index (χ2v) is 6.75. The lowest BCUT2D eigenvalue weighted by molar-refractivity contribution is -0.137. The van der Waals surface area contributed by atoms with Crippen LogP contribution in [-0.4, -0.2) is 33.9 Å². The maximum atomic E-state index is 12.3. The fourth-order valence-corrected chi connectivity index (χ4v) is 2.76. The minimum atomic E-state index is -4.18. The molecule has 10 heteroatoms. The number of hydrogen-bond acceptors (Lipinski definition) is 5. The molecule has 31 heavy (non-hydrogen) atoms. The van der Waals surface area contributed by atoms with Gasteiger partial charge in [-0.05, 0) is 29.7 Å². The van der Waals surface area contributed by atoms with Gasteiger partial charge in [-0.1, -0.05) is 41.6 Å². The van der Waals surface area contributed by atoms with Gasteiger partial charge in [0.15, 0.2) is 0 Å². The quantitative estimate of drug-likeness (QED) is 0.447. The van der Waals surface area contributed by atoms with E-state index in [4.69, 9.17) is 9.63 Å². The van der Waals surface area contributed by atoms with Crippen molar-refractivity contribution in [2.45, 2.75) is 32.0 Å². The van der Waals surface area contributed by atoms with E-state index in [0.717, 1.165) is 11.1 Å². The molecule has 2 aromatic carbocycles. The summed E-state index contributed by atoms with van der Waals surface area (Å²) >= 11 is 0. The number of alkyl halides is 3. The number of aryl methyl sites for hydroxylation is 1. The molecule has 1 heterocycles. The Balaban J connectivity index is 0.00000341. The van der Waals surface area contributed by atoms with Gasteiger partial charge in [0, 0.05) is 30.6 Å². The summed E-state index contributed by atoms with van der Waals surface area (Å²) in [5, 5.41) is 15.6. The first-order chi connectivity index (χ1) is 14.3. The average Bonchev–Trinajstić information content (AvgIpc) is 3.20. The fraction of sp³-hybridized carbons (Fsp3) is 0.286. The normalized spacial score (nSPS) is 11.2. The number of carboxylic acid groups (broad SMARTS) is 1. The van der Waals surface area contributed by atoms with Gasteiger partial charge in [0.05, 0.1) is 6.42 Å². The first-order valence-corrected chi connectivity index (χ1v) is 9.32. The van der Waals surface area contributed by atoms with Crippen molar-refractivity contribution >= 4 is 18.4 Å². The van der Waals surface area contributed by atoms with Crippen molar-refractivity contribution in [3.05, 3.63) is 59.7 Å². The predicted molar refractivity (Wildman–Crippen MR) is 111 cm³/mol. The lowest BCUT2D eigenvalue weighted by Gasteiger charge is -2.06. The van der Waals surface area contributed by atoms with E-state index in [1.807, 2.05) is 24.3 Å². The van der Waals surface area contributed by atoms with Gasteiger partial charge in [0.25, 0.3) is 5.89 Å².